The first-order valence-electron chi connectivity index (χ1n) is 8.39. The van der Waals surface area contributed by atoms with Crippen LogP contribution in [0.2, 0.25) is 0 Å². The molecule has 2 unspecified atom stereocenters. The second-order valence-electron chi connectivity index (χ2n) is 7.33. The minimum atomic E-state index is -1.11. The van der Waals surface area contributed by atoms with Gasteiger partial charge in [-0.2, -0.15) is 0 Å². The van der Waals surface area contributed by atoms with Crippen LogP contribution in [-0.2, 0) is 20.9 Å². The lowest BCUT2D eigenvalue weighted by molar-refractivity contribution is -0.145. The van der Waals surface area contributed by atoms with Crippen LogP contribution in [0, 0.1) is 17.6 Å². The summed E-state index contributed by atoms with van der Waals surface area (Å²) in [5, 5.41) is 0. The largest absolute Gasteiger partial charge is 0.598 e. The van der Waals surface area contributed by atoms with Gasteiger partial charge in [0.05, 0.1) is 19.6 Å². The summed E-state index contributed by atoms with van der Waals surface area (Å²) in [6.07, 6.45) is 1.61. The first kappa shape index (κ1) is 21.1. The highest BCUT2D eigenvalue weighted by molar-refractivity contribution is 7.88. The molecule has 146 valence electrons. The molecule has 0 N–H and O–H groups in total. The fourth-order valence-electron chi connectivity index (χ4n) is 3.54. The van der Waals surface area contributed by atoms with Crippen molar-refractivity contribution in [2.24, 2.45) is 5.92 Å². The molecular formula is C18H26F2N2O3S. The van der Waals surface area contributed by atoms with Crippen LogP contribution < -0.4 is 0 Å². The van der Waals surface area contributed by atoms with Gasteiger partial charge < -0.3 is 9.29 Å². The molecule has 1 saturated heterocycles. The van der Waals surface area contributed by atoms with Gasteiger partial charge in [0.15, 0.2) is 0 Å². The van der Waals surface area contributed by atoms with E-state index >= 15 is 0 Å². The predicted octanol–water partition coefficient (Wildman–Crippen LogP) is 2.16. The van der Waals surface area contributed by atoms with Crippen molar-refractivity contribution in [3.63, 3.8) is 0 Å². The number of methoxy groups -OCH3 is 1. The van der Waals surface area contributed by atoms with E-state index in [4.69, 9.17) is 4.74 Å². The van der Waals surface area contributed by atoms with Crippen LogP contribution in [0.5, 0.6) is 0 Å². The van der Waals surface area contributed by atoms with E-state index in [2.05, 4.69) is 4.90 Å². The summed E-state index contributed by atoms with van der Waals surface area (Å²) >= 11 is -1.11. The van der Waals surface area contributed by atoms with Crippen LogP contribution in [-0.4, -0.2) is 65.3 Å². The van der Waals surface area contributed by atoms with E-state index in [1.807, 2.05) is 13.8 Å². The van der Waals surface area contributed by atoms with E-state index in [1.54, 1.807) is 17.6 Å². The summed E-state index contributed by atoms with van der Waals surface area (Å²) in [6, 6.07) is 3.44. The fraction of sp³-hybridized carbons (Fsp3) is 0.611. The van der Waals surface area contributed by atoms with Crippen LogP contribution in [0.4, 0.5) is 8.78 Å². The van der Waals surface area contributed by atoms with Crippen LogP contribution >= 0.6 is 0 Å². The van der Waals surface area contributed by atoms with Gasteiger partial charge in [0, 0.05) is 49.0 Å². The van der Waals surface area contributed by atoms with E-state index in [-0.39, 0.29) is 0 Å². The lowest BCUT2D eigenvalue weighted by Crippen LogP contribution is -2.51. The van der Waals surface area contributed by atoms with E-state index in [1.165, 1.54) is 19.2 Å². The van der Waals surface area contributed by atoms with Crippen molar-refractivity contribution in [3.05, 3.63) is 35.4 Å². The fourth-order valence-corrected chi connectivity index (χ4v) is 4.04. The van der Waals surface area contributed by atoms with Gasteiger partial charge >= 0.3 is 5.97 Å². The summed E-state index contributed by atoms with van der Waals surface area (Å²) in [6.45, 7) is 5.33. The summed E-state index contributed by atoms with van der Waals surface area (Å²) in [5.41, 5.74) is -0.0784. The molecule has 0 saturated carbocycles. The van der Waals surface area contributed by atoms with E-state index in [0.717, 1.165) is 6.07 Å². The number of likely N-dealkylation sites (N-methyl/N-ethyl adjacent to an activating group) is 1. The van der Waals surface area contributed by atoms with Gasteiger partial charge in [-0.15, -0.1) is 4.31 Å². The van der Waals surface area contributed by atoms with Gasteiger partial charge in [-0.1, -0.05) is 6.07 Å². The minimum Gasteiger partial charge on any atom is -0.598 e. The van der Waals surface area contributed by atoms with Gasteiger partial charge in [0.1, 0.15) is 17.9 Å². The zero-order valence-corrected chi connectivity index (χ0v) is 16.6. The highest BCUT2D eigenvalue weighted by atomic mass is 32.2. The Morgan fingerprint density at radius 3 is 2.62 bits per heavy atom. The standard InChI is InChI=1S/C18H26F2N2O3S/c1-18(2,11-21(3)26(5)24)22-9-14(15(10-22)17(23)25-4)13-7-6-12(19)8-16(13)20/h6-8,14-15H,9-11H2,1-5H3/t14-,15?,26?/m0/s1. The van der Waals surface area contributed by atoms with Crippen LogP contribution in [0.3, 0.4) is 0 Å². The van der Waals surface area contributed by atoms with Crippen molar-refractivity contribution in [3.8, 4) is 0 Å². The van der Waals surface area contributed by atoms with Crippen LogP contribution in [0.15, 0.2) is 18.2 Å². The average Bonchev–Trinajstić information content (AvgIpc) is 2.99. The Hall–Kier alpha value is -1.22. The van der Waals surface area contributed by atoms with Crippen LogP contribution in [0.1, 0.15) is 25.3 Å². The van der Waals surface area contributed by atoms with Crippen LogP contribution in [0.25, 0.3) is 0 Å². The highest BCUT2D eigenvalue weighted by Crippen LogP contribution is 2.38. The molecule has 0 bridgehead atoms. The molecule has 5 nitrogen and oxygen atoms in total. The maximum absolute atomic E-state index is 14.3. The zero-order valence-electron chi connectivity index (χ0n) is 15.8. The molecule has 26 heavy (non-hydrogen) atoms. The van der Waals surface area contributed by atoms with E-state index < -0.39 is 46.3 Å². The summed E-state index contributed by atoms with van der Waals surface area (Å²) in [7, 11) is 3.07. The van der Waals surface area contributed by atoms with Crippen molar-refractivity contribution in [2.75, 3.05) is 40.0 Å². The van der Waals surface area contributed by atoms with Crippen molar-refractivity contribution < 1.29 is 22.9 Å². The summed E-state index contributed by atoms with van der Waals surface area (Å²) in [5.74, 6) is -2.70. The second-order valence-corrected chi connectivity index (χ2v) is 8.80. The highest BCUT2D eigenvalue weighted by Gasteiger charge is 2.45. The lowest BCUT2D eigenvalue weighted by Gasteiger charge is -2.38. The molecule has 0 aromatic heterocycles. The monoisotopic (exact) mass is 388 g/mol. The number of esters is 1. The predicted molar refractivity (Wildman–Crippen MR) is 97.0 cm³/mol. The Morgan fingerprint density at radius 2 is 2.08 bits per heavy atom. The smallest absolute Gasteiger partial charge is 0.310 e. The molecule has 0 amide bonds. The molecule has 2 rings (SSSR count). The van der Waals surface area contributed by atoms with Gasteiger partial charge in [-0.3, -0.25) is 9.69 Å². The quantitative estimate of drug-likeness (QED) is 0.552. The third kappa shape index (κ3) is 4.54. The first-order valence-corrected chi connectivity index (χ1v) is 9.91. The summed E-state index contributed by atoms with van der Waals surface area (Å²) < 4.78 is 45.9. The first-order chi connectivity index (χ1) is 12.1. The molecule has 3 atom stereocenters. The zero-order chi connectivity index (χ0) is 19.6. The van der Waals surface area contributed by atoms with Gasteiger partial charge in [-0.05, 0) is 25.5 Å². The van der Waals surface area contributed by atoms with Crippen molar-refractivity contribution >= 4 is 17.3 Å². The molecule has 1 aromatic rings. The number of carbonyl (C=O) groups excluding carboxylic acids is 1. The number of nitrogens with zero attached hydrogens (tertiary/aromatic N) is 2. The molecule has 1 fully saturated rings. The van der Waals surface area contributed by atoms with E-state index in [0.29, 0.717) is 25.2 Å². The Bertz CT molecular complexity index is 657. The average molecular weight is 388 g/mol. The number of hydrogen-bond donors (Lipinski definition) is 0. The maximum Gasteiger partial charge on any atom is 0.310 e. The maximum atomic E-state index is 14.3. The third-order valence-electron chi connectivity index (χ3n) is 5.09. The molecule has 1 aliphatic rings. The van der Waals surface area contributed by atoms with Gasteiger partial charge in [-0.25, -0.2) is 8.78 Å². The SMILES string of the molecule is COC(=O)C1CN(C(C)(C)CN(C)[S+](C)[O-])C[C@H]1c1ccc(F)cc1F. The number of likely N-dealkylation sites (tertiary alicyclic amines) is 1. The molecule has 8 heteroatoms. The molecule has 0 spiro atoms. The number of ether oxygens (including phenoxy) is 1. The van der Waals surface area contributed by atoms with Crippen molar-refractivity contribution in [1.82, 2.24) is 9.21 Å². The number of hydrogen-bond acceptors (Lipinski definition) is 5. The van der Waals surface area contributed by atoms with E-state index in [9.17, 15) is 18.1 Å². The molecule has 0 aliphatic carbocycles. The Labute approximate surface area is 156 Å². The normalized spacial score (nSPS) is 22.7. The molecule has 1 heterocycles. The molecule has 1 aromatic carbocycles. The van der Waals surface area contributed by atoms with Crippen molar-refractivity contribution in [1.29, 1.82) is 0 Å². The molecule has 1 aliphatic heterocycles. The topological polar surface area (TPSA) is 55.8 Å². The van der Waals surface area contributed by atoms with Gasteiger partial charge in [0.25, 0.3) is 0 Å². The number of benzene rings is 1. The molecule has 0 radical (unpaired) electrons. The Balaban J connectivity index is 2.29. The second kappa shape index (κ2) is 8.21. The number of carbonyl (C=O) groups is 1. The summed E-state index contributed by atoms with van der Waals surface area (Å²) in [4.78, 5) is 14.3. The molecular weight excluding hydrogens is 362 g/mol. The Morgan fingerprint density at radius 1 is 1.42 bits per heavy atom. The Kier molecular flexibility index (Phi) is 6.65. The van der Waals surface area contributed by atoms with Crippen molar-refractivity contribution in [2.45, 2.75) is 25.3 Å². The number of halogens is 2. The third-order valence-corrected chi connectivity index (χ3v) is 6.10. The van der Waals surface area contributed by atoms with Gasteiger partial charge in [0.2, 0.25) is 0 Å². The minimum absolute atomic E-state index is 0.313. The lowest BCUT2D eigenvalue weighted by atomic mass is 9.88. The number of rotatable bonds is 6.